The van der Waals surface area contributed by atoms with E-state index in [1.807, 2.05) is 43.0 Å². The molecule has 1 fully saturated rings. The minimum Gasteiger partial charge on any atom is -0.492 e. The van der Waals surface area contributed by atoms with Crippen LogP contribution in [0.15, 0.2) is 48.0 Å². The normalized spacial score (nSPS) is 18.8. The van der Waals surface area contributed by atoms with Crippen molar-refractivity contribution in [2.75, 3.05) is 38.1 Å². The van der Waals surface area contributed by atoms with Crippen molar-refractivity contribution < 1.29 is 9.53 Å². The molecule has 3 rings (SSSR count). The molecule has 1 aliphatic heterocycles. The van der Waals surface area contributed by atoms with Gasteiger partial charge in [0.05, 0.1) is 18.9 Å². The molecule has 0 radical (unpaired) electrons. The molecule has 1 aromatic heterocycles. The molecule has 1 aliphatic rings. The summed E-state index contributed by atoms with van der Waals surface area (Å²) in [5, 5.41) is 6.17. The monoisotopic (exact) mass is 540 g/mol. The van der Waals surface area contributed by atoms with E-state index < -0.39 is 0 Å². The summed E-state index contributed by atoms with van der Waals surface area (Å²) in [6.07, 6.45) is 6.89. The fourth-order valence-electron chi connectivity index (χ4n) is 3.70. The summed E-state index contributed by atoms with van der Waals surface area (Å²) in [5.74, 6) is 2.13. The zero-order valence-electron chi connectivity index (χ0n) is 18.5. The lowest BCUT2D eigenvalue weighted by Gasteiger charge is -2.39. The molecule has 8 nitrogen and oxygen atoms in total. The summed E-state index contributed by atoms with van der Waals surface area (Å²) in [6, 6.07) is 7.78. The van der Waals surface area contributed by atoms with Gasteiger partial charge in [0.1, 0.15) is 12.4 Å². The van der Waals surface area contributed by atoms with Gasteiger partial charge >= 0.3 is 0 Å². The Kier molecular flexibility index (Phi) is 10.1. The molecule has 1 amide bonds. The number of hydrogen-bond acceptors (Lipinski definition) is 4. The molecule has 2 N–H and O–H groups in total. The van der Waals surface area contributed by atoms with Crippen LogP contribution in [-0.4, -0.2) is 59.1 Å². The zero-order chi connectivity index (χ0) is 21.3. The van der Waals surface area contributed by atoms with Crippen LogP contribution in [0.25, 0.3) is 0 Å². The Morgan fingerprint density at radius 2 is 2.23 bits per heavy atom. The number of imidazole rings is 1. The summed E-state index contributed by atoms with van der Waals surface area (Å²) in [4.78, 5) is 22.5. The third-order valence-electron chi connectivity index (χ3n) is 5.24. The third-order valence-corrected chi connectivity index (χ3v) is 5.24. The van der Waals surface area contributed by atoms with Crippen LogP contribution in [0.3, 0.4) is 0 Å². The van der Waals surface area contributed by atoms with Crippen molar-refractivity contribution in [1.29, 1.82) is 0 Å². The second kappa shape index (κ2) is 12.5. The Bertz CT molecular complexity index is 842. The van der Waals surface area contributed by atoms with E-state index in [2.05, 4.69) is 38.9 Å². The van der Waals surface area contributed by atoms with E-state index in [-0.39, 0.29) is 29.9 Å². The first-order valence-corrected chi connectivity index (χ1v) is 10.6. The van der Waals surface area contributed by atoms with E-state index in [0.29, 0.717) is 30.9 Å². The van der Waals surface area contributed by atoms with E-state index in [0.717, 1.165) is 37.7 Å². The Morgan fingerprint density at radius 3 is 2.94 bits per heavy atom. The molecule has 2 heterocycles. The minimum atomic E-state index is -0.100. The van der Waals surface area contributed by atoms with Gasteiger partial charge in [-0.1, -0.05) is 13.0 Å². The summed E-state index contributed by atoms with van der Waals surface area (Å²) < 4.78 is 8.02. The largest absolute Gasteiger partial charge is 0.492 e. The SMILES string of the molecule is CCNC(=NCCOc1cccc(NC(C)=O)c1)N1CCC(C)C(n2ccnc2)C1.I. The number of hydrogen-bond donors (Lipinski definition) is 2. The molecule has 0 saturated carbocycles. The van der Waals surface area contributed by atoms with Crippen LogP contribution >= 0.6 is 24.0 Å². The maximum Gasteiger partial charge on any atom is 0.221 e. The van der Waals surface area contributed by atoms with Gasteiger partial charge in [0, 0.05) is 50.7 Å². The van der Waals surface area contributed by atoms with Gasteiger partial charge in [-0.2, -0.15) is 0 Å². The quantitative estimate of drug-likeness (QED) is 0.244. The Hall–Kier alpha value is -2.30. The van der Waals surface area contributed by atoms with Crippen molar-refractivity contribution in [3.8, 4) is 5.75 Å². The van der Waals surface area contributed by atoms with Crippen molar-refractivity contribution in [3.05, 3.63) is 43.0 Å². The maximum atomic E-state index is 11.2. The van der Waals surface area contributed by atoms with Gasteiger partial charge in [-0.25, -0.2) is 9.98 Å². The lowest BCUT2D eigenvalue weighted by molar-refractivity contribution is -0.114. The number of piperidine rings is 1. The van der Waals surface area contributed by atoms with Gasteiger partial charge in [0.25, 0.3) is 0 Å². The predicted octanol–water partition coefficient (Wildman–Crippen LogP) is 3.39. The second-order valence-electron chi connectivity index (χ2n) is 7.58. The number of nitrogens with one attached hydrogen (secondary N) is 2. The lowest BCUT2D eigenvalue weighted by atomic mass is 9.93. The van der Waals surface area contributed by atoms with E-state index >= 15 is 0 Å². The molecule has 170 valence electrons. The molecule has 2 atom stereocenters. The maximum absolute atomic E-state index is 11.2. The van der Waals surface area contributed by atoms with Crippen LogP contribution in [0.1, 0.15) is 33.2 Å². The van der Waals surface area contributed by atoms with Crippen LogP contribution in [0.5, 0.6) is 5.75 Å². The summed E-state index contributed by atoms with van der Waals surface area (Å²) >= 11 is 0. The number of aromatic nitrogens is 2. The van der Waals surface area contributed by atoms with Crippen LogP contribution in [0, 0.1) is 5.92 Å². The number of likely N-dealkylation sites (tertiary alicyclic amines) is 1. The number of amides is 1. The topological polar surface area (TPSA) is 83.8 Å². The number of aliphatic imine (C=N–C) groups is 1. The molecule has 1 saturated heterocycles. The van der Waals surface area contributed by atoms with Crippen LogP contribution in [0.2, 0.25) is 0 Å². The highest BCUT2D eigenvalue weighted by Crippen LogP contribution is 2.27. The first-order valence-electron chi connectivity index (χ1n) is 10.6. The first kappa shape index (κ1) is 25.0. The van der Waals surface area contributed by atoms with Crippen molar-refractivity contribution in [2.24, 2.45) is 10.9 Å². The standard InChI is InChI=1S/C22H32N6O2.HI/c1-4-24-22(27-11-8-17(2)21(15-27)28-12-9-23-16-28)25-10-13-30-20-7-5-6-19(14-20)26-18(3)29;/h5-7,9,12,14,16-17,21H,4,8,10-11,13,15H2,1-3H3,(H,24,25)(H,26,29);1H. The number of guanidine groups is 1. The highest BCUT2D eigenvalue weighted by molar-refractivity contribution is 14.0. The molecule has 0 aliphatic carbocycles. The summed E-state index contributed by atoms with van der Waals surface area (Å²) in [6.45, 7) is 9.60. The molecular weight excluding hydrogens is 507 g/mol. The number of halogens is 1. The Morgan fingerprint density at radius 1 is 1.39 bits per heavy atom. The molecule has 1 aromatic carbocycles. The average Bonchev–Trinajstić information content (AvgIpc) is 3.25. The summed E-state index contributed by atoms with van der Waals surface area (Å²) in [5.41, 5.74) is 0.727. The Labute approximate surface area is 201 Å². The molecule has 0 bridgehead atoms. The fraction of sp³-hybridized carbons (Fsp3) is 0.500. The number of ether oxygens (including phenoxy) is 1. The molecule has 2 aromatic rings. The van der Waals surface area contributed by atoms with Gasteiger partial charge in [-0.05, 0) is 31.4 Å². The second-order valence-corrected chi connectivity index (χ2v) is 7.58. The van der Waals surface area contributed by atoms with Gasteiger partial charge in [-0.3, -0.25) is 4.79 Å². The third kappa shape index (κ3) is 7.41. The summed E-state index contributed by atoms with van der Waals surface area (Å²) in [7, 11) is 0. The van der Waals surface area contributed by atoms with Gasteiger partial charge in [-0.15, -0.1) is 24.0 Å². The van der Waals surface area contributed by atoms with Crippen LogP contribution < -0.4 is 15.4 Å². The minimum absolute atomic E-state index is 0. The van der Waals surface area contributed by atoms with Crippen molar-refractivity contribution in [2.45, 2.75) is 33.2 Å². The lowest BCUT2D eigenvalue weighted by Crippen LogP contribution is -2.49. The molecule has 0 spiro atoms. The average molecular weight is 540 g/mol. The fourth-order valence-corrected chi connectivity index (χ4v) is 3.70. The number of carbonyl (C=O) groups excluding carboxylic acids is 1. The number of carbonyl (C=O) groups is 1. The van der Waals surface area contributed by atoms with Gasteiger partial charge in [0.2, 0.25) is 5.91 Å². The molecular formula is C22H33IN6O2. The zero-order valence-corrected chi connectivity index (χ0v) is 20.8. The smallest absolute Gasteiger partial charge is 0.221 e. The van der Waals surface area contributed by atoms with Crippen molar-refractivity contribution in [3.63, 3.8) is 0 Å². The van der Waals surface area contributed by atoms with Crippen molar-refractivity contribution in [1.82, 2.24) is 19.8 Å². The van der Waals surface area contributed by atoms with E-state index in [4.69, 9.17) is 9.73 Å². The van der Waals surface area contributed by atoms with Crippen LogP contribution in [-0.2, 0) is 4.79 Å². The highest BCUT2D eigenvalue weighted by Gasteiger charge is 2.28. The molecule has 31 heavy (non-hydrogen) atoms. The highest BCUT2D eigenvalue weighted by atomic mass is 127. The van der Waals surface area contributed by atoms with E-state index in [1.165, 1.54) is 6.92 Å². The van der Waals surface area contributed by atoms with E-state index in [9.17, 15) is 4.79 Å². The first-order chi connectivity index (χ1) is 14.6. The number of anilines is 1. The molecule has 9 heteroatoms. The molecule has 2 unspecified atom stereocenters. The van der Waals surface area contributed by atoms with Gasteiger partial charge in [0.15, 0.2) is 5.96 Å². The van der Waals surface area contributed by atoms with Crippen molar-refractivity contribution >= 4 is 41.5 Å². The number of rotatable bonds is 7. The Balaban J connectivity index is 0.00000341. The van der Waals surface area contributed by atoms with Gasteiger partial charge < -0.3 is 24.8 Å². The van der Waals surface area contributed by atoms with E-state index in [1.54, 1.807) is 0 Å². The number of nitrogens with zero attached hydrogens (tertiary/aromatic N) is 4. The predicted molar refractivity (Wildman–Crippen MR) is 134 cm³/mol. The number of benzene rings is 1. The van der Waals surface area contributed by atoms with Crippen LogP contribution in [0.4, 0.5) is 5.69 Å².